The number of hydrogen-bond donors (Lipinski definition) is 0. The number of nitrogens with zero attached hydrogens (tertiary/aromatic N) is 3. The normalized spacial score (nSPS) is 13.8. The Morgan fingerprint density at radius 2 is 1.88 bits per heavy atom. The fourth-order valence-corrected chi connectivity index (χ4v) is 1.71. The van der Waals surface area contributed by atoms with Gasteiger partial charge in [-0.2, -0.15) is 4.98 Å². The van der Waals surface area contributed by atoms with Crippen molar-refractivity contribution in [3.8, 4) is 5.88 Å². The minimum absolute atomic E-state index is 0.470. The van der Waals surface area contributed by atoms with Gasteiger partial charge in [0.2, 0.25) is 11.8 Å². The Labute approximate surface area is 106 Å². The number of ether oxygens (including phenoxy) is 1. The lowest BCUT2D eigenvalue weighted by Crippen LogP contribution is -2.14. The molecular weight excluding hydrogens is 245 g/mol. The Morgan fingerprint density at radius 1 is 1.29 bits per heavy atom. The van der Waals surface area contributed by atoms with Crippen molar-refractivity contribution in [1.29, 1.82) is 0 Å². The molecule has 0 N–H and O–H groups in total. The molecule has 1 heterocycles. The van der Waals surface area contributed by atoms with Crippen LogP contribution in [0.1, 0.15) is 24.5 Å². The smallest absolute Gasteiger partial charge is 0.237 e. The zero-order valence-electron chi connectivity index (χ0n) is 10.5. The second-order valence-corrected chi connectivity index (χ2v) is 4.28. The maximum Gasteiger partial charge on any atom is 0.237 e. The number of aromatic nitrogens is 2. The molecule has 0 aromatic carbocycles. The molecular formula is C11H17ClFN3O. The highest BCUT2D eigenvalue weighted by Crippen LogP contribution is 2.44. The van der Waals surface area contributed by atoms with Crippen LogP contribution >= 0.6 is 11.6 Å². The van der Waals surface area contributed by atoms with E-state index in [0.29, 0.717) is 29.9 Å². The van der Waals surface area contributed by atoms with Crippen molar-refractivity contribution in [2.75, 3.05) is 33.3 Å². The van der Waals surface area contributed by atoms with Gasteiger partial charge in [-0.1, -0.05) is 11.6 Å². The van der Waals surface area contributed by atoms with Crippen LogP contribution in [0, 0.1) is 0 Å². The van der Waals surface area contributed by atoms with E-state index in [1.54, 1.807) is 7.11 Å². The summed E-state index contributed by atoms with van der Waals surface area (Å²) in [6.45, 7) is 0. The Hall–Kier alpha value is -1.10. The van der Waals surface area contributed by atoms with Crippen molar-refractivity contribution in [3.63, 3.8) is 0 Å². The van der Waals surface area contributed by atoms with Crippen LogP contribution < -0.4 is 9.64 Å². The fourth-order valence-electron chi connectivity index (χ4n) is 1.39. The Morgan fingerprint density at radius 3 is 2.29 bits per heavy atom. The molecule has 1 aliphatic rings. The SMILES string of the molecule is CF.COc1nc(N(C)C)nc(C2CC2)c1Cl. The van der Waals surface area contributed by atoms with Crippen molar-refractivity contribution in [2.24, 2.45) is 0 Å². The van der Waals surface area contributed by atoms with E-state index in [-0.39, 0.29) is 0 Å². The molecule has 0 atom stereocenters. The van der Waals surface area contributed by atoms with Gasteiger partial charge >= 0.3 is 0 Å². The summed E-state index contributed by atoms with van der Waals surface area (Å²) in [5.41, 5.74) is 0.923. The van der Waals surface area contributed by atoms with E-state index < -0.39 is 0 Å². The molecule has 0 spiro atoms. The fraction of sp³-hybridized carbons (Fsp3) is 0.636. The monoisotopic (exact) mass is 261 g/mol. The molecule has 0 bridgehead atoms. The van der Waals surface area contributed by atoms with E-state index in [1.165, 1.54) is 0 Å². The summed E-state index contributed by atoms with van der Waals surface area (Å²) in [4.78, 5) is 10.5. The van der Waals surface area contributed by atoms with Gasteiger partial charge in [-0.05, 0) is 12.8 Å². The largest absolute Gasteiger partial charge is 0.480 e. The van der Waals surface area contributed by atoms with Crippen molar-refractivity contribution in [3.05, 3.63) is 10.7 Å². The molecule has 17 heavy (non-hydrogen) atoms. The number of alkyl halides is 1. The first kappa shape index (κ1) is 14.0. The zero-order chi connectivity index (χ0) is 13.0. The van der Waals surface area contributed by atoms with Gasteiger partial charge < -0.3 is 9.64 Å². The van der Waals surface area contributed by atoms with Crippen molar-refractivity contribution in [2.45, 2.75) is 18.8 Å². The second kappa shape index (κ2) is 6.00. The lowest BCUT2D eigenvalue weighted by atomic mass is 10.3. The Balaban J connectivity index is 0.000000686. The van der Waals surface area contributed by atoms with Gasteiger partial charge in [-0.3, -0.25) is 4.39 Å². The summed E-state index contributed by atoms with van der Waals surface area (Å²) < 4.78 is 14.6. The van der Waals surface area contributed by atoms with E-state index >= 15 is 0 Å². The minimum Gasteiger partial charge on any atom is -0.480 e. The number of hydrogen-bond acceptors (Lipinski definition) is 4. The van der Waals surface area contributed by atoms with Crippen LogP contribution in [-0.4, -0.2) is 38.4 Å². The lowest BCUT2D eigenvalue weighted by Gasteiger charge is -2.14. The van der Waals surface area contributed by atoms with Crippen LogP contribution in [0.4, 0.5) is 10.3 Å². The molecule has 0 unspecified atom stereocenters. The average molecular weight is 262 g/mol. The average Bonchev–Trinajstić information content (AvgIpc) is 3.15. The number of rotatable bonds is 3. The minimum atomic E-state index is 0.470. The van der Waals surface area contributed by atoms with Gasteiger partial charge in [0.25, 0.3) is 0 Å². The van der Waals surface area contributed by atoms with Gasteiger partial charge in [-0.25, -0.2) is 4.98 Å². The summed E-state index contributed by atoms with van der Waals surface area (Å²) in [5.74, 6) is 1.61. The van der Waals surface area contributed by atoms with Crippen LogP contribution in [0.25, 0.3) is 0 Å². The number of anilines is 1. The molecule has 1 aliphatic carbocycles. The highest BCUT2D eigenvalue weighted by Gasteiger charge is 2.30. The molecule has 1 aromatic heterocycles. The zero-order valence-corrected chi connectivity index (χ0v) is 11.3. The van der Waals surface area contributed by atoms with Crippen molar-refractivity contribution >= 4 is 17.5 Å². The second-order valence-electron chi connectivity index (χ2n) is 3.90. The van der Waals surface area contributed by atoms with E-state index in [9.17, 15) is 4.39 Å². The third kappa shape index (κ3) is 3.19. The summed E-state index contributed by atoms with van der Waals surface area (Å²) in [6.07, 6.45) is 2.32. The lowest BCUT2D eigenvalue weighted by molar-refractivity contribution is 0.396. The maximum absolute atomic E-state index is 9.50. The summed E-state index contributed by atoms with van der Waals surface area (Å²) >= 11 is 6.15. The quantitative estimate of drug-likeness (QED) is 0.839. The van der Waals surface area contributed by atoms with E-state index in [4.69, 9.17) is 16.3 Å². The van der Waals surface area contributed by atoms with Gasteiger partial charge in [0, 0.05) is 20.0 Å². The van der Waals surface area contributed by atoms with Gasteiger partial charge in [0.15, 0.2) is 0 Å². The molecule has 96 valence electrons. The van der Waals surface area contributed by atoms with Crippen molar-refractivity contribution < 1.29 is 9.13 Å². The first-order valence-electron chi connectivity index (χ1n) is 5.30. The molecule has 4 nitrogen and oxygen atoms in total. The number of methoxy groups -OCH3 is 1. The molecule has 0 aliphatic heterocycles. The molecule has 0 amide bonds. The summed E-state index contributed by atoms with van der Waals surface area (Å²) in [7, 11) is 5.88. The summed E-state index contributed by atoms with van der Waals surface area (Å²) in [5, 5.41) is 0.561. The van der Waals surface area contributed by atoms with Crippen LogP contribution in [0.3, 0.4) is 0 Å². The van der Waals surface area contributed by atoms with E-state index in [1.807, 2.05) is 19.0 Å². The van der Waals surface area contributed by atoms with Crippen molar-refractivity contribution in [1.82, 2.24) is 9.97 Å². The maximum atomic E-state index is 9.50. The Bertz CT molecular complexity index is 383. The van der Waals surface area contributed by atoms with E-state index in [0.717, 1.165) is 18.5 Å². The summed E-state index contributed by atoms with van der Waals surface area (Å²) in [6, 6.07) is 0. The molecule has 0 saturated heterocycles. The van der Waals surface area contributed by atoms with Crippen LogP contribution in [0.15, 0.2) is 0 Å². The topological polar surface area (TPSA) is 38.2 Å². The van der Waals surface area contributed by atoms with Crippen LogP contribution in [0.2, 0.25) is 5.02 Å². The third-order valence-electron chi connectivity index (χ3n) is 2.39. The van der Waals surface area contributed by atoms with Crippen LogP contribution in [-0.2, 0) is 0 Å². The first-order chi connectivity index (χ1) is 8.13. The van der Waals surface area contributed by atoms with Gasteiger partial charge in [0.05, 0.1) is 20.0 Å². The molecule has 1 fully saturated rings. The molecule has 0 radical (unpaired) electrons. The predicted molar refractivity (Wildman–Crippen MR) is 66.9 cm³/mol. The van der Waals surface area contributed by atoms with E-state index in [2.05, 4.69) is 9.97 Å². The molecule has 2 rings (SSSR count). The molecule has 1 aromatic rings. The van der Waals surface area contributed by atoms with Crippen LogP contribution in [0.5, 0.6) is 5.88 Å². The first-order valence-corrected chi connectivity index (χ1v) is 5.67. The highest BCUT2D eigenvalue weighted by molar-refractivity contribution is 6.32. The predicted octanol–water partition coefficient (Wildman–Crippen LogP) is 2.67. The third-order valence-corrected chi connectivity index (χ3v) is 2.75. The van der Waals surface area contributed by atoms with Gasteiger partial charge in [0.1, 0.15) is 5.02 Å². The van der Waals surface area contributed by atoms with Gasteiger partial charge in [-0.15, -0.1) is 0 Å². The standard InChI is InChI=1S/C10H14ClN3O.CH3F/c1-14(2)10-12-8(6-4-5-6)7(11)9(13-10)15-3;1-2/h6H,4-5H2,1-3H3;1H3. The molecule has 6 heteroatoms. The highest BCUT2D eigenvalue weighted by atomic mass is 35.5. The number of halogens is 2. The Kier molecular flexibility index (Phi) is 4.93. The molecule has 1 saturated carbocycles.